The number of halogens is 3. The van der Waals surface area contributed by atoms with Gasteiger partial charge in [-0.25, -0.2) is 20.3 Å². The molecular weight excluding hydrogens is 513 g/mol. The lowest BCUT2D eigenvalue weighted by atomic mass is 10.1. The van der Waals surface area contributed by atoms with Gasteiger partial charge in [0, 0.05) is 56.2 Å². The number of piperazine rings is 1. The van der Waals surface area contributed by atoms with E-state index in [1.54, 1.807) is 30.3 Å². The first-order chi connectivity index (χ1) is 18.6. The van der Waals surface area contributed by atoms with E-state index in [2.05, 4.69) is 49.4 Å². The summed E-state index contributed by atoms with van der Waals surface area (Å²) in [6.07, 6.45) is -3.33. The van der Waals surface area contributed by atoms with E-state index in [1.165, 1.54) is 12.4 Å². The quantitative estimate of drug-likeness (QED) is 0.295. The van der Waals surface area contributed by atoms with Crippen molar-refractivity contribution >= 4 is 23.2 Å². The minimum Gasteiger partial charge on any atom is -0.439 e. The van der Waals surface area contributed by atoms with Crippen molar-refractivity contribution in [2.24, 2.45) is 5.11 Å². The Kier molecular flexibility index (Phi) is 8.72. The van der Waals surface area contributed by atoms with Crippen LogP contribution in [0.3, 0.4) is 0 Å². The Morgan fingerprint density at radius 3 is 2.36 bits per heavy atom. The number of nitrogens with one attached hydrogen (secondary N) is 3. The van der Waals surface area contributed by atoms with Crippen LogP contribution in [-0.4, -0.2) is 58.0 Å². The van der Waals surface area contributed by atoms with Crippen molar-refractivity contribution in [1.29, 1.82) is 5.53 Å². The minimum absolute atomic E-state index is 0.0532. The summed E-state index contributed by atoms with van der Waals surface area (Å²) < 4.78 is 46.4. The monoisotopic (exact) mass is 542 g/mol. The lowest BCUT2D eigenvalue weighted by Gasteiger charge is -2.37. The van der Waals surface area contributed by atoms with Crippen molar-refractivity contribution in [2.45, 2.75) is 32.6 Å². The molecule has 1 aromatic heterocycles. The standard InChI is InChI=1S/C26H29F3N8O2/c1-17(2)37-9-7-36(8-10-37)15-18-11-19(26(27,28)29)13-21(12-18)34-25(38)33-20-3-5-22(6-4-20)39-24-14-23(35-30)31-16-32-24/h3-6,11-14,16-17,30H,7-10,15H2,1-2H3,(H2,33,34,38). The normalized spacial score (nSPS) is 14.7. The molecule has 0 radical (unpaired) electrons. The molecule has 0 atom stereocenters. The van der Waals surface area contributed by atoms with Gasteiger partial charge in [0.15, 0.2) is 5.82 Å². The average Bonchev–Trinajstić information content (AvgIpc) is 2.89. The van der Waals surface area contributed by atoms with Crippen LogP contribution in [0, 0.1) is 5.53 Å². The zero-order chi connectivity index (χ0) is 28.0. The summed E-state index contributed by atoms with van der Waals surface area (Å²) >= 11 is 0. The molecule has 13 heteroatoms. The topological polar surface area (TPSA) is 119 Å². The molecule has 2 aromatic carbocycles. The molecule has 2 amide bonds. The van der Waals surface area contributed by atoms with Crippen LogP contribution in [0.2, 0.25) is 0 Å². The third kappa shape index (κ3) is 7.94. The van der Waals surface area contributed by atoms with Crippen LogP contribution in [0.4, 0.5) is 35.2 Å². The van der Waals surface area contributed by atoms with Gasteiger partial charge in [-0.2, -0.15) is 13.2 Å². The number of carbonyl (C=O) groups is 1. The van der Waals surface area contributed by atoms with Gasteiger partial charge >= 0.3 is 12.2 Å². The molecule has 0 bridgehead atoms. The van der Waals surface area contributed by atoms with Crippen molar-refractivity contribution in [1.82, 2.24) is 19.8 Å². The summed E-state index contributed by atoms with van der Waals surface area (Å²) in [4.78, 5) is 24.8. The number of anilines is 2. The first-order valence-electron chi connectivity index (χ1n) is 12.3. The smallest absolute Gasteiger partial charge is 0.416 e. The molecule has 2 heterocycles. The Balaban J connectivity index is 1.39. The van der Waals surface area contributed by atoms with Gasteiger partial charge in [-0.15, -0.1) is 5.11 Å². The molecule has 1 fully saturated rings. The summed E-state index contributed by atoms with van der Waals surface area (Å²) in [5.41, 5.74) is 7.12. The predicted octanol–water partition coefficient (Wildman–Crippen LogP) is 6.12. The van der Waals surface area contributed by atoms with E-state index in [4.69, 9.17) is 10.3 Å². The van der Waals surface area contributed by atoms with Crippen LogP contribution in [0.15, 0.2) is 60.0 Å². The summed E-state index contributed by atoms with van der Waals surface area (Å²) in [6, 6.07) is 11.1. The van der Waals surface area contributed by atoms with Crippen molar-refractivity contribution in [2.75, 3.05) is 36.8 Å². The van der Waals surface area contributed by atoms with Crippen LogP contribution in [-0.2, 0) is 12.7 Å². The number of rotatable bonds is 8. The molecule has 0 spiro atoms. The van der Waals surface area contributed by atoms with Crippen LogP contribution >= 0.6 is 0 Å². The van der Waals surface area contributed by atoms with Gasteiger partial charge < -0.3 is 15.4 Å². The van der Waals surface area contributed by atoms with Crippen LogP contribution in [0.25, 0.3) is 0 Å². The molecule has 0 unspecified atom stereocenters. The highest BCUT2D eigenvalue weighted by molar-refractivity contribution is 5.99. The Morgan fingerprint density at radius 2 is 1.72 bits per heavy atom. The molecule has 10 nitrogen and oxygen atoms in total. The maximum atomic E-state index is 13.6. The molecule has 1 aliphatic heterocycles. The molecule has 0 aliphatic carbocycles. The number of carbonyl (C=O) groups excluding carboxylic acids is 1. The van der Waals surface area contributed by atoms with Gasteiger partial charge in [0.1, 0.15) is 12.1 Å². The number of nitrogens with zero attached hydrogens (tertiary/aromatic N) is 5. The van der Waals surface area contributed by atoms with Crippen LogP contribution in [0.1, 0.15) is 25.0 Å². The second-order valence-corrected chi connectivity index (χ2v) is 9.35. The highest BCUT2D eigenvalue weighted by Gasteiger charge is 2.31. The van der Waals surface area contributed by atoms with Crippen LogP contribution < -0.4 is 15.4 Å². The fraction of sp³-hybridized carbons (Fsp3) is 0.346. The van der Waals surface area contributed by atoms with E-state index >= 15 is 0 Å². The SMILES string of the molecule is CC(C)N1CCN(Cc2cc(NC(=O)Nc3ccc(Oc4cc(N=N)ncn4)cc3)cc(C(F)(F)F)c2)CC1. The maximum Gasteiger partial charge on any atom is 0.416 e. The second-order valence-electron chi connectivity index (χ2n) is 9.35. The summed E-state index contributed by atoms with van der Waals surface area (Å²) in [6.45, 7) is 7.84. The fourth-order valence-electron chi connectivity index (χ4n) is 4.18. The molecule has 3 N–H and O–H groups in total. The number of ether oxygens (including phenoxy) is 1. The molecule has 0 saturated carbocycles. The van der Waals surface area contributed by atoms with Crippen molar-refractivity contribution in [3.05, 3.63) is 66.0 Å². The van der Waals surface area contributed by atoms with Gasteiger partial charge in [0.25, 0.3) is 0 Å². The molecule has 3 aromatic rings. The minimum atomic E-state index is -4.55. The Morgan fingerprint density at radius 1 is 1.03 bits per heavy atom. The third-order valence-corrected chi connectivity index (χ3v) is 6.20. The van der Waals surface area contributed by atoms with E-state index in [-0.39, 0.29) is 17.4 Å². The average molecular weight is 543 g/mol. The first-order valence-corrected chi connectivity index (χ1v) is 12.3. The van der Waals surface area contributed by atoms with Gasteiger partial charge in [-0.1, -0.05) is 0 Å². The molecule has 1 saturated heterocycles. The summed E-state index contributed by atoms with van der Waals surface area (Å²) in [7, 11) is 0. The van der Waals surface area contributed by atoms with E-state index < -0.39 is 17.8 Å². The van der Waals surface area contributed by atoms with E-state index in [9.17, 15) is 18.0 Å². The molecule has 39 heavy (non-hydrogen) atoms. The van der Waals surface area contributed by atoms with E-state index in [0.29, 0.717) is 29.6 Å². The van der Waals surface area contributed by atoms with Crippen molar-refractivity contribution in [3.63, 3.8) is 0 Å². The predicted molar refractivity (Wildman–Crippen MR) is 139 cm³/mol. The lowest BCUT2D eigenvalue weighted by Crippen LogP contribution is -2.48. The number of benzene rings is 2. The summed E-state index contributed by atoms with van der Waals surface area (Å²) in [5, 5.41) is 8.34. The highest BCUT2D eigenvalue weighted by Crippen LogP contribution is 2.32. The zero-order valence-electron chi connectivity index (χ0n) is 21.5. The highest BCUT2D eigenvalue weighted by atomic mass is 19.4. The second kappa shape index (κ2) is 12.2. The maximum absolute atomic E-state index is 13.6. The molecule has 1 aliphatic rings. The van der Waals surface area contributed by atoms with Crippen molar-refractivity contribution < 1.29 is 22.7 Å². The van der Waals surface area contributed by atoms with E-state index in [1.807, 2.05) is 0 Å². The Hall–Kier alpha value is -4.10. The number of aromatic nitrogens is 2. The number of alkyl halides is 3. The van der Waals surface area contributed by atoms with Crippen LogP contribution in [0.5, 0.6) is 11.6 Å². The molecule has 206 valence electrons. The van der Waals surface area contributed by atoms with E-state index in [0.717, 1.165) is 38.3 Å². The Bertz CT molecular complexity index is 1290. The lowest BCUT2D eigenvalue weighted by molar-refractivity contribution is -0.137. The number of hydrogen-bond donors (Lipinski definition) is 3. The third-order valence-electron chi connectivity index (χ3n) is 6.20. The Labute approximate surface area is 223 Å². The largest absolute Gasteiger partial charge is 0.439 e. The number of hydrogen-bond acceptors (Lipinski definition) is 8. The fourth-order valence-corrected chi connectivity index (χ4v) is 4.18. The van der Waals surface area contributed by atoms with Gasteiger partial charge in [0.2, 0.25) is 5.88 Å². The van der Waals surface area contributed by atoms with Crippen molar-refractivity contribution in [3.8, 4) is 11.6 Å². The van der Waals surface area contributed by atoms with Gasteiger partial charge in [-0.05, 0) is 61.9 Å². The van der Waals surface area contributed by atoms with Gasteiger partial charge in [0.05, 0.1) is 5.56 Å². The number of amides is 2. The number of urea groups is 1. The first kappa shape index (κ1) is 27.9. The zero-order valence-corrected chi connectivity index (χ0v) is 21.5. The molecular formula is C26H29F3N8O2. The van der Waals surface area contributed by atoms with Gasteiger partial charge in [-0.3, -0.25) is 9.80 Å². The summed E-state index contributed by atoms with van der Waals surface area (Å²) in [5.74, 6) is 0.741. The molecule has 4 rings (SSSR count).